The van der Waals surface area contributed by atoms with Gasteiger partial charge in [-0.3, -0.25) is 0 Å². The number of nitrogens with one attached hydrogen (secondary N) is 2. The van der Waals surface area contributed by atoms with Crippen molar-refractivity contribution in [3.05, 3.63) is 59.7 Å². The van der Waals surface area contributed by atoms with Crippen molar-refractivity contribution in [2.24, 2.45) is 5.14 Å². The van der Waals surface area contributed by atoms with Crippen molar-refractivity contribution in [3.8, 4) is 0 Å². The van der Waals surface area contributed by atoms with Gasteiger partial charge in [-0.1, -0.05) is 36.4 Å². The highest BCUT2D eigenvalue weighted by atomic mass is 32.2. The summed E-state index contributed by atoms with van der Waals surface area (Å²) in [6.07, 6.45) is 0. The van der Waals surface area contributed by atoms with Crippen molar-refractivity contribution in [1.29, 1.82) is 0 Å². The summed E-state index contributed by atoms with van der Waals surface area (Å²) in [5.41, 5.74) is 2.26. The summed E-state index contributed by atoms with van der Waals surface area (Å²) < 4.78 is 23.0. The first-order valence-corrected chi connectivity index (χ1v) is 8.54. The highest BCUT2D eigenvalue weighted by molar-refractivity contribution is 7.89. The second-order valence-electron chi connectivity index (χ2n) is 4.82. The first kappa shape index (κ1) is 16.4. The topological polar surface area (TPSA) is 84.2 Å². The number of aryl methyl sites for hydroxylation is 1. The number of thiocarbonyl (C=S) groups is 1. The average Bonchev–Trinajstić information content (AvgIpc) is 2.47. The van der Waals surface area contributed by atoms with Gasteiger partial charge in [0, 0.05) is 12.2 Å². The van der Waals surface area contributed by atoms with Crippen LogP contribution in [0.3, 0.4) is 0 Å². The fourth-order valence-electron chi connectivity index (χ4n) is 1.94. The van der Waals surface area contributed by atoms with Gasteiger partial charge in [0.25, 0.3) is 0 Å². The lowest BCUT2D eigenvalue weighted by Crippen LogP contribution is -2.28. The van der Waals surface area contributed by atoms with E-state index in [1.165, 1.54) is 6.07 Å². The van der Waals surface area contributed by atoms with Gasteiger partial charge in [-0.2, -0.15) is 0 Å². The molecule has 0 radical (unpaired) electrons. The largest absolute Gasteiger partial charge is 0.358 e. The van der Waals surface area contributed by atoms with Crippen LogP contribution in [0, 0.1) is 6.92 Å². The Bertz CT molecular complexity index is 775. The van der Waals surface area contributed by atoms with Crippen molar-refractivity contribution in [3.63, 3.8) is 0 Å². The molecule has 2 aromatic rings. The van der Waals surface area contributed by atoms with E-state index in [9.17, 15) is 8.42 Å². The van der Waals surface area contributed by atoms with Crippen LogP contribution in [0.5, 0.6) is 0 Å². The molecular weight excluding hydrogens is 318 g/mol. The highest BCUT2D eigenvalue weighted by Crippen LogP contribution is 2.18. The molecule has 4 N–H and O–H groups in total. The average molecular weight is 335 g/mol. The number of primary sulfonamides is 1. The van der Waals surface area contributed by atoms with E-state index in [-0.39, 0.29) is 4.90 Å². The normalized spacial score (nSPS) is 11.0. The molecule has 0 aromatic heterocycles. The molecule has 0 aliphatic carbocycles. The van der Waals surface area contributed by atoms with E-state index in [0.717, 1.165) is 5.56 Å². The summed E-state index contributed by atoms with van der Waals surface area (Å²) in [6.45, 7) is 2.27. The molecule has 22 heavy (non-hydrogen) atoms. The maximum absolute atomic E-state index is 11.5. The van der Waals surface area contributed by atoms with Gasteiger partial charge >= 0.3 is 0 Å². The van der Waals surface area contributed by atoms with Gasteiger partial charge in [-0.05, 0) is 42.4 Å². The van der Waals surface area contributed by atoms with E-state index in [4.69, 9.17) is 17.4 Å². The third kappa shape index (κ3) is 4.52. The number of rotatable bonds is 4. The molecule has 0 atom stereocenters. The predicted octanol–water partition coefficient (Wildman–Crippen LogP) is 2.13. The first-order chi connectivity index (χ1) is 10.4. The molecular formula is C15H17N3O2S2. The maximum atomic E-state index is 11.5. The van der Waals surface area contributed by atoms with E-state index in [2.05, 4.69) is 10.6 Å². The molecule has 0 spiro atoms. The Balaban J connectivity index is 2.03. The minimum absolute atomic E-state index is 0.0864. The summed E-state index contributed by atoms with van der Waals surface area (Å²) in [5, 5.41) is 11.6. The van der Waals surface area contributed by atoms with Crippen LogP contribution in [-0.2, 0) is 16.6 Å². The smallest absolute Gasteiger partial charge is 0.238 e. The van der Waals surface area contributed by atoms with E-state index in [1.54, 1.807) is 19.1 Å². The Morgan fingerprint density at radius 3 is 2.50 bits per heavy atom. The van der Waals surface area contributed by atoms with Gasteiger partial charge in [0.05, 0.1) is 4.90 Å². The molecule has 116 valence electrons. The molecule has 5 nitrogen and oxygen atoms in total. The van der Waals surface area contributed by atoms with Crippen molar-refractivity contribution < 1.29 is 8.42 Å². The fraction of sp³-hybridized carbons (Fsp3) is 0.133. The van der Waals surface area contributed by atoms with Crippen LogP contribution >= 0.6 is 12.2 Å². The molecule has 2 rings (SSSR count). The lowest BCUT2D eigenvalue weighted by molar-refractivity contribution is 0.597. The molecule has 0 amide bonds. The van der Waals surface area contributed by atoms with Crippen LogP contribution in [0.25, 0.3) is 0 Å². The number of nitrogens with two attached hydrogens (primary N) is 1. The Labute approximate surface area is 135 Å². The van der Waals surface area contributed by atoms with Crippen molar-refractivity contribution in [2.45, 2.75) is 18.4 Å². The quantitative estimate of drug-likeness (QED) is 0.746. The maximum Gasteiger partial charge on any atom is 0.238 e. The lowest BCUT2D eigenvalue weighted by atomic mass is 10.2. The van der Waals surface area contributed by atoms with Gasteiger partial charge in [0.2, 0.25) is 10.0 Å². The number of hydrogen-bond donors (Lipinski definition) is 3. The van der Waals surface area contributed by atoms with E-state index in [0.29, 0.717) is 22.9 Å². The van der Waals surface area contributed by atoms with Gasteiger partial charge in [-0.25, -0.2) is 13.6 Å². The Hall–Kier alpha value is -1.96. The molecule has 0 heterocycles. The number of anilines is 1. The zero-order valence-corrected chi connectivity index (χ0v) is 13.7. The van der Waals surface area contributed by atoms with Crippen LogP contribution in [0.1, 0.15) is 11.1 Å². The lowest BCUT2D eigenvalue weighted by Gasteiger charge is -2.12. The summed E-state index contributed by atoms with van der Waals surface area (Å²) in [5.74, 6) is 0. The predicted molar refractivity (Wildman–Crippen MR) is 92.1 cm³/mol. The Morgan fingerprint density at radius 2 is 1.86 bits per heavy atom. The molecule has 0 aliphatic rings. The van der Waals surface area contributed by atoms with Crippen molar-refractivity contribution in [1.82, 2.24) is 5.32 Å². The molecule has 0 fully saturated rings. The van der Waals surface area contributed by atoms with Crippen molar-refractivity contribution >= 4 is 33.0 Å². The zero-order chi connectivity index (χ0) is 16.2. The second kappa shape index (κ2) is 6.87. The number of benzene rings is 2. The van der Waals surface area contributed by atoms with E-state index < -0.39 is 10.0 Å². The van der Waals surface area contributed by atoms with Crippen LogP contribution in [0.2, 0.25) is 0 Å². The summed E-state index contributed by atoms with van der Waals surface area (Å²) in [7, 11) is -3.75. The van der Waals surface area contributed by atoms with Crippen LogP contribution in [0.4, 0.5) is 5.69 Å². The van der Waals surface area contributed by atoms with Gasteiger partial charge < -0.3 is 10.6 Å². The van der Waals surface area contributed by atoms with Crippen LogP contribution in [-0.4, -0.2) is 13.5 Å². The Kier molecular flexibility index (Phi) is 5.12. The third-order valence-electron chi connectivity index (χ3n) is 3.05. The molecule has 2 aromatic carbocycles. The summed E-state index contributed by atoms with van der Waals surface area (Å²) >= 11 is 5.20. The summed E-state index contributed by atoms with van der Waals surface area (Å²) in [6, 6.07) is 14.7. The zero-order valence-electron chi connectivity index (χ0n) is 12.0. The van der Waals surface area contributed by atoms with Crippen LogP contribution < -0.4 is 15.8 Å². The van der Waals surface area contributed by atoms with E-state index >= 15 is 0 Å². The molecule has 0 bridgehead atoms. The van der Waals surface area contributed by atoms with Gasteiger partial charge in [0.15, 0.2) is 5.11 Å². The van der Waals surface area contributed by atoms with Crippen LogP contribution in [0.15, 0.2) is 53.4 Å². The summed E-state index contributed by atoms with van der Waals surface area (Å²) in [4.78, 5) is 0.0864. The molecule has 0 saturated heterocycles. The second-order valence-corrected chi connectivity index (χ2v) is 6.76. The monoisotopic (exact) mass is 335 g/mol. The SMILES string of the molecule is Cc1ccc(NC(=S)NCc2ccccc2)cc1S(N)(=O)=O. The highest BCUT2D eigenvalue weighted by Gasteiger charge is 2.12. The molecule has 7 heteroatoms. The first-order valence-electron chi connectivity index (χ1n) is 6.58. The molecule has 0 unspecified atom stereocenters. The minimum Gasteiger partial charge on any atom is -0.358 e. The van der Waals surface area contributed by atoms with Gasteiger partial charge in [-0.15, -0.1) is 0 Å². The van der Waals surface area contributed by atoms with E-state index in [1.807, 2.05) is 30.3 Å². The molecule has 0 saturated carbocycles. The number of sulfonamides is 1. The third-order valence-corrected chi connectivity index (χ3v) is 4.35. The van der Waals surface area contributed by atoms with Crippen molar-refractivity contribution in [2.75, 3.05) is 5.32 Å². The molecule has 0 aliphatic heterocycles. The van der Waals surface area contributed by atoms with Gasteiger partial charge in [0.1, 0.15) is 0 Å². The Morgan fingerprint density at radius 1 is 1.18 bits per heavy atom. The minimum atomic E-state index is -3.75. The fourth-order valence-corrected chi connectivity index (χ4v) is 2.94. The number of hydrogen-bond acceptors (Lipinski definition) is 3. The standard InChI is InChI=1S/C15H17N3O2S2/c1-11-7-8-13(9-14(11)22(16,19)20)18-15(21)17-10-12-5-3-2-4-6-12/h2-9H,10H2,1H3,(H2,16,19,20)(H2,17,18,21).